The fourth-order valence-electron chi connectivity index (χ4n) is 3.84. The normalized spacial score (nSPS) is 22.0. The maximum absolute atomic E-state index is 10.9. The van der Waals surface area contributed by atoms with Gasteiger partial charge in [-0.3, -0.25) is 0 Å². The Morgan fingerprint density at radius 1 is 1.27 bits per heavy atom. The molecule has 3 heterocycles. The van der Waals surface area contributed by atoms with Crippen LogP contribution in [0.5, 0.6) is 5.88 Å². The Morgan fingerprint density at radius 2 is 2.04 bits per heavy atom. The first kappa shape index (κ1) is 17.5. The molecule has 0 radical (unpaired) electrons. The van der Waals surface area contributed by atoms with Crippen LogP contribution in [0.3, 0.4) is 0 Å². The SMILES string of the molecule is CCc1nc2sc([C@@H](c3cccc(C)c3)[NH+]3CC[NH+](C)CC3)c(O)n2n1. The van der Waals surface area contributed by atoms with Gasteiger partial charge in [0.1, 0.15) is 31.1 Å². The third-order valence-electron chi connectivity index (χ3n) is 5.35. The number of hydrogen-bond donors (Lipinski definition) is 3. The maximum Gasteiger partial charge on any atom is 0.235 e. The number of piperazine rings is 1. The number of aromatic nitrogens is 3. The first-order valence-electron chi connectivity index (χ1n) is 9.36. The van der Waals surface area contributed by atoms with E-state index in [9.17, 15) is 5.11 Å². The van der Waals surface area contributed by atoms with Gasteiger partial charge in [0, 0.05) is 12.0 Å². The highest BCUT2D eigenvalue weighted by molar-refractivity contribution is 7.17. The van der Waals surface area contributed by atoms with Crippen molar-refractivity contribution in [2.24, 2.45) is 0 Å². The van der Waals surface area contributed by atoms with Crippen LogP contribution in [0.25, 0.3) is 4.96 Å². The molecule has 0 aliphatic carbocycles. The van der Waals surface area contributed by atoms with E-state index in [0.717, 1.165) is 48.3 Å². The summed E-state index contributed by atoms with van der Waals surface area (Å²) in [6, 6.07) is 8.79. The fraction of sp³-hybridized carbons (Fsp3) is 0.474. The summed E-state index contributed by atoms with van der Waals surface area (Å²) in [7, 11) is 2.26. The molecule has 1 atom stereocenters. The molecule has 0 saturated carbocycles. The van der Waals surface area contributed by atoms with Gasteiger partial charge in [0.05, 0.1) is 7.05 Å². The molecule has 26 heavy (non-hydrogen) atoms. The molecule has 2 aromatic heterocycles. The molecule has 138 valence electrons. The van der Waals surface area contributed by atoms with Gasteiger partial charge in [0.2, 0.25) is 10.8 Å². The van der Waals surface area contributed by atoms with Gasteiger partial charge in [0.15, 0.2) is 11.9 Å². The lowest BCUT2D eigenvalue weighted by atomic mass is 10.0. The molecule has 3 N–H and O–H groups in total. The number of rotatable bonds is 4. The second-order valence-corrected chi connectivity index (χ2v) is 8.34. The molecule has 1 aliphatic rings. The third-order valence-corrected chi connectivity index (χ3v) is 6.44. The molecule has 0 spiro atoms. The molecular weight excluding hydrogens is 346 g/mol. The number of likely N-dealkylation sites (N-methyl/N-ethyl adjacent to an activating group) is 1. The molecular formula is C19H27N5OS+2. The quantitative estimate of drug-likeness (QED) is 0.597. The number of nitrogens with one attached hydrogen (secondary N) is 2. The van der Waals surface area contributed by atoms with Crippen molar-refractivity contribution in [2.75, 3.05) is 33.2 Å². The predicted octanol–water partition coefficient (Wildman–Crippen LogP) is -0.130. The average Bonchev–Trinajstić information content (AvgIpc) is 3.17. The molecule has 0 bridgehead atoms. The summed E-state index contributed by atoms with van der Waals surface area (Å²) in [5.74, 6) is 1.03. The topological polar surface area (TPSA) is 59.3 Å². The number of benzene rings is 1. The Kier molecular flexibility index (Phi) is 4.69. The van der Waals surface area contributed by atoms with Gasteiger partial charge in [-0.15, -0.1) is 5.10 Å². The maximum atomic E-state index is 10.9. The van der Waals surface area contributed by atoms with Crippen LogP contribution >= 0.6 is 11.3 Å². The number of quaternary nitrogens is 2. The van der Waals surface area contributed by atoms with E-state index in [1.54, 1.807) is 20.8 Å². The van der Waals surface area contributed by atoms with Crippen LogP contribution in [0.2, 0.25) is 0 Å². The highest BCUT2D eigenvalue weighted by atomic mass is 32.1. The monoisotopic (exact) mass is 373 g/mol. The van der Waals surface area contributed by atoms with Crippen molar-refractivity contribution < 1.29 is 14.9 Å². The molecule has 1 aliphatic heterocycles. The van der Waals surface area contributed by atoms with E-state index in [-0.39, 0.29) is 11.9 Å². The zero-order chi connectivity index (χ0) is 18.3. The van der Waals surface area contributed by atoms with Crippen LogP contribution in [0.15, 0.2) is 24.3 Å². The van der Waals surface area contributed by atoms with E-state index in [4.69, 9.17) is 0 Å². The van der Waals surface area contributed by atoms with E-state index in [0.29, 0.717) is 0 Å². The van der Waals surface area contributed by atoms with Gasteiger partial charge in [-0.1, -0.05) is 42.0 Å². The van der Waals surface area contributed by atoms with E-state index in [1.165, 1.54) is 16.0 Å². The summed E-state index contributed by atoms with van der Waals surface area (Å²) < 4.78 is 1.61. The van der Waals surface area contributed by atoms with Crippen molar-refractivity contribution in [1.29, 1.82) is 0 Å². The van der Waals surface area contributed by atoms with Crippen molar-refractivity contribution in [2.45, 2.75) is 26.3 Å². The summed E-state index contributed by atoms with van der Waals surface area (Å²) in [5, 5.41) is 15.4. The van der Waals surface area contributed by atoms with Crippen LogP contribution in [-0.2, 0) is 6.42 Å². The molecule has 0 unspecified atom stereocenters. The number of fused-ring (bicyclic) bond motifs is 1. The molecule has 0 amide bonds. The smallest absolute Gasteiger partial charge is 0.235 e. The Morgan fingerprint density at radius 3 is 2.69 bits per heavy atom. The predicted molar refractivity (Wildman–Crippen MR) is 102 cm³/mol. The Labute approximate surface area is 157 Å². The zero-order valence-electron chi connectivity index (χ0n) is 15.6. The number of aryl methyl sites for hydroxylation is 2. The first-order chi connectivity index (χ1) is 12.6. The van der Waals surface area contributed by atoms with Gasteiger partial charge >= 0.3 is 0 Å². The van der Waals surface area contributed by atoms with E-state index in [2.05, 4.69) is 48.3 Å². The van der Waals surface area contributed by atoms with Crippen molar-refractivity contribution >= 4 is 16.3 Å². The summed E-state index contributed by atoms with van der Waals surface area (Å²) in [6.45, 7) is 8.65. The molecule has 1 fully saturated rings. The Hall–Kier alpha value is -1.96. The molecule has 3 aromatic rings. The van der Waals surface area contributed by atoms with Crippen molar-refractivity contribution in [3.63, 3.8) is 0 Å². The lowest BCUT2D eigenvalue weighted by Gasteiger charge is -2.33. The standard InChI is InChI=1S/C19H25N5OS/c1-4-15-20-19-24(21-15)18(25)17(26-19)16(14-7-5-6-13(2)12-14)23-10-8-22(3)9-11-23/h5-7,12,16,25H,4,8-11H2,1-3H3/p+2/t16-/m1/s1. The fourth-order valence-corrected chi connectivity index (χ4v) is 5.00. The lowest BCUT2D eigenvalue weighted by Crippen LogP contribution is -3.27. The van der Waals surface area contributed by atoms with Crippen molar-refractivity contribution in [1.82, 2.24) is 14.6 Å². The van der Waals surface area contributed by atoms with E-state index in [1.807, 2.05) is 6.92 Å². The lowest BCUT2D eigenvalue weighted by molar-refractivity contribution is -1.02. The zero-order valence-corrected chi connectivity index (χ0v) is 16.4. The van der Waals surface area contributed by atoms with Crippen LogP contribution in [-0.4, -0.2) is 52.9 Å². The molecule has 4 rings (SSSR count). The summed E-state index contributed by atoms with van der Waals surface area (Å²) in [6.07, 6.45) is 0.775. The van der Waals surface area contributed by atoms with Gasteiger partial charge in [-0.25, -0.2) is 4.98 Å². The van der Waals surface area contributed by atoms with Gasteiger partial charge in [-0.05, 0) is 13.0 Å². The minimum atomic E-state index is 0.126. The molecule has 6 nitrogen and oxygen atoms in total. The largest absolute Gasteiger partial charge is 0.492 e. The Bertz CT molecular complexity index is 910. The van der Waals surface area contributed by atoms with Gasteiger partial charge in [-0.2, -0.15) is 4.52 Å². The van der Waals surface area contributed by atoms with E-state index >= 15 is 0 Å². The van der Waals surface area contributed by atoms with Gasteiger partial charge < -0.3 is 14.9 Å². The summed E-state index contributed by atoms with van der Waals surface area (Å²) in [4.78, 5) is 9.41. The first-order valence-corrected chi connectivity index (χ1v) is 10.2. The van der Waals surface area contributed by atoms with Crippen molar-refractivity contribution in [3.8, 4) is 5.88 Å². The minimum absolute atomic E-state index is 0.126. The van der Waals surface area contributed by atoms with Crippen LogP contribution in [0, 0.1) is 6.92 Å². The van der Waals surface area contributed by atoms with Gasteiger partial charge in [0.25, 0.3) is 0 Å². The summed E-state index contributed by atoms with van der Waals surface area (Å²) >= 11 is 1.58. The van der Waals surface area contributed by atoms with Crippen LogP contribution < -0.4 is 9.80 Å². The third kappa shape index (κ3) is 3.11. The molecule has 7 heteroatoms. The highest BCUT2D eigenvalue weighted by Gasteiger charge is 2.35. The van der Waals surface area contributed by atoms with Crippen molar-refractivity contribution in [3.05, 3.63) is 46.1 Å². The second-order valence-electron chi connectivity index (χ2n) is 7.33. The highest BCUT2D eigenvalue weighted by Crippen LogP contribution is 2.35. The number of hydrogen-bond acceptors (Lipinski definition) is 4. The van der Waals surface area contributed by atoms with Crippen LogP contribution in [0.1, 0.15) is 34.8 Å². The summed E-state index contributed by atoms with van der Waals surface area (Å²) in [5.41, 5.74) is 2.51. The number of aromatic hydroxyl groups is 1. The molecule has 1 aromatic carbocycles. The van der Waals surface area contributed by atoms with Crippen LogP contribution in [0.4, 0.5) is 0 Å². The second kappa shape index (κ2) is 6.98. The molecule has 1 saturated heterocycles. The van der Waals surface area contributed by atoms with E-state index < -0.39 is 0 Å². The minimum Gasteiger partial charge on any atom is -0.492 e. The Balaban J connectivity index is 1.79. The average molecular weight is 374 g/mol. The number of thiazole rings is 1. The number of nitrogens with zero attached hydrogens (tertiary/aromatic N) is 3.